The normalized spacial score (nSPS) is 17.9. The van der Waals surface area contributed by atoms with Gasteiger partial charge in [-0.05, 0) is 49.2 Å². The molecule has 4 rings (SSSR count). The number of aryl methyl sites for hydroxylation is 2. The largest absolute Gasteiger partial charge is 0.317 e. The Morgan fingerprint density at radius 2 is 1.75 bits per heavy atom. The Morgan fingerprint density at radius 1 is 1.04 bits per heavy atom. The minimum absolute atomic E-state index is 0.159. The number of imide groups is 1. The fourth-order valence-corrected chi connectivity index (χ4v) is 3.21. The lowest BCUT2D eigenvalue weighted by Gasteiger charge is -2.16. The van der Waals surface area contributed by atoms with Crippen molar-refractivity contribution >= 4 is 28.5 Å². The summed E-state index contributed by atoms with van der Waals surface area (Å²) in [4.78, 5) is 31.0. The quantitative estimate of drug-likeness (QED) is 0.682. The van der Waals surface area contributed by atoms with Crippen LogP contribution in [0.25, 0.3) is 11.0 Å². The summed E-state index contributed by atoms with van der Waals surface area (Å²) in [7, 11) is 0. The van der Waals surface area contributed by atoms with E-state index in [2.05, 4.69) is 4.98 Å². The van der Waals surface area contributed by atoms with Gasteiger partial charge in [0.2, 0.25) is 5.91 Å². The molecule has 2 amide bonds. The Balaban J connectivity index is 1.77. The molecule has 1 atom stereocenters. The summed E-state index contributed by atoms with van der Waals surface area (Å²) in [6, 6.07) is 12.6. The predicted molar refractivity (Wildman–Crippen MR) is 91.8 cm³/mol. The summed E-state index contributed by atoms with van der Waals surface area (Å²) in [5.41, 5.74) is 4.65. The van der Waals surface area contributed by atoms with Crippen LogP contribution in [-0.2, 0) is 9.59 Å². The number of rotatable bonds is 2. The summed E-state index contributed by atoms with van der Waals surface area (Å²) in [5, 5.41) is 0. The molecule has 0 saturated carbocycles. The summed E-state index contributed by atoms with van der Waals surface area (Å²) < 4.78 is 1.82. The van der Waals surface area contributed by atoms with Crippen molar-refractivity contribution in [1.29, 1.82) is 0 Å². The molecular weight excluding hydrogens is 302 g/mol. The molecule has 5 nitrogen and oxygen atoms in total. The molecule has 120 valence electrons. The van der Waals surface area contributed by atoms with Crippen LogP contribution in [0.5, 0.6) is 0 Å². The van der Waals surface area contributed by atoms with Gasteiger partial charge in [0.05, 0.1) is 29.5 Å². The number of fused-ring (bicyclic) bond motifs is 1. The maximum absolute atomic E-state index is 12.9. The first-order valence-corrected chi connectivity index (χ1v) is 7.92. The highest BCUT2D eigenvalue weighted by molar-refractivity contribution is 6.21. The fourth-order valence-electron chi connectivity index (χ4n) is 3.21. The molecule has 0 bridgehead atoms. The van der Waals surface area contributed by atoms with Crippen molar-refractivity contribution in [1.82, 2.24) is 9.55 Å². The number of hydrogen-bond donors (Lipinski definition) is 0. The third kappa shape index (κ3) is 2.12. The first kappa shape index (κ1) is 14.6. The van der Waals surface area contributed by atoms with E-state index in [0.29, 0.717) is 5.69 Å². The van der Waals surface area contributed by atoms with E-state index < -0.39 is 6.04 Å². The van der Waals surface area contributed by atoms with Crippen LogP contribution in [0.3, 0.4) is 0 Å². The van der Waals surface area contributed by atoms with Gasteiger partial charge in [-0.25, -0.2) is 9.88 Å². The van der Waals surface area contributed by atoms with E-state index in [9.17, 15) is 9.59 Å². The molecule has 0 aliphatic carbocycles. The van der Waals surface area contributed by atoms with Crippen LogP contribution in [0.4, 0.5) is 5.69 Å². The Labute approximate surface area is 139 Å². The van der Waals surface area contributed by atoms with Crippen molar-refractivity contribution < 1.29 is 9.59 Å². The van der Waals surface area contributed by atoms with E-state index >= 15 is 0 Å². The molecule has 1 aliphatic rings. The van der Waals surface area contributed by atoms with E-state index in [1.54, 1.807) is 18.5 Å². The first-order chi connectivity index (χ1) is 11.6. The lowest BCUT2D eigenvalue weighted by atomic mass is 10.1. The number of amides is 2. The van der Waals surface area contributed by atoms with Gasteiger partial charge in [-0.15, -0.1) is 0 Å². The summed E-state index contributed by atoms with van der Waals surface area (Å²) >= 11 is 0. The van der Waals surface area contributed by atoms with Crippen LogP contribution in [0.1, 0.15) is 23.6 Å². The second-order valence-corrected chi connectivity index (χ2v) is 6.20. The molecule has 0 unspecified atom stereocenters. The predicted octanol–water partition coefficient (Wildman–Crippen LogP) is 3.16. The second kappa shape index (κ2) is 5.30. The summed E-state index contributed by atoms with van der Waals surface area (Å²) in [6.45, 7) is 4.07. The lowest BCUT2D eigenvalue weighted by Crippen LogP contribution is -2.30. The molecule has 3 aromatic rings. The zero-order valence-electron chi connectivity index (χ0n) is 13.6. The van der Waals surface area contributed by atoms with Crippen molar-refractivity contribution in [3.8, 4) is 0 Å². The van der Waals surface area contributed by atoms with Crippen molar-refractivity contribution in [3.63, 3.8) is 0 Å². The topological polar surface area (TPSA) is 55.2 Å². The van der Waals surface area contributed by atoms with Crippen molar-refractivity contribution in [2.24, 2.45) is 0 Å². The number of carbonyl (C=O) groups excluding carboxylic acids is 2. The molecule has 1 fully saturated rings. The number of aromatic nitrogens is 2. The van der Waals surface area contributed by atoms with Gasteiger partial charge < -0.3 is 4.57 Å². The minimum Gasteiger partial charge on any atom is -0.317 e. The standard InChI is InChI=1S/C19H17N3O2/c1-12-8-15-16(9-13(12)2)21(11-20-15)17-10-18(23)22(19(17)24)14-6-4-3-5-7-14/h3-9,11,17H,10H2,1-2H3/t17-/m1/s1. The van der Waals surface area contributed by atoms with E-state index in [1.807, 2.05) is 48.7 Å². The third-order valence-electron chi connectivity index (χ3n) is 4.66. The van der Waals surface area contributed by atoms with Gasteiger partial charge in [-0.1, -0.05) is 18.2 Å². The number of carbonyl (C=O) groups is 2. The van der Waals surface area contributed by atoms with Crippen LogP contribution in [0.2, 0.25) is 0 Å². The number of hydrogen-bond acceptors (Lipinski definition) is 3. The van der Waals surface area contributed by atoms with Gasteiger partial charge in [0, 0.05) is 0 Å². The van der Waals surface area contributed by atoms with Crippen molar-refractivity contribution in [3.05, 3.63) is 59.9 Å². The second-order valence-electron chi connectivity index (χ2n) is 6.20. The van der Waals surface area contributed by atoms with Gasteiger partial charge in [-0.2, -0.15) is 0 Å². The van der Waals surface area contributed by atoms with E-state index in [-0.39, 0.29) is 18.2 Å². The highest BCUT2D eigenvalue weighted by Crippen LogP contribution is 2.32. The van der Waals surface area contributed by atoms with Gasteiger partial charge >= 0.3 is 0 Å². The minimum atomic E-state index is -0.537. The maximum Gasteiger partial charge on any atom is 0.257 e. The van der Waals surface area contributed by atoms with Crippen LogP contribution >= 0.6 is 0 Å². The van der Waals surface area contributed by atoms with E-state index in [1.165, 1.54) is 4.90 Å². The first-order valence-electron chi connectivity index (χ1n) is 7.92. The summed E-state index contributed by atoms with van der Waals surface area (Å²) in [5.74, 6) is -0.384. The van der Waals surface area contributed by atoms with Gasteiger partial charge in [0.25, 0.3) is 5.91 Å². The van der Waals surface area contributed by atoms with Gasteiger partial charge in [0.1, 0.15) is 6.04 Å². The fraction of sp³-hybridized carbons (Fsp3) is 0.211. The number of nitrogens with zero attached hydrogens (tertiary/aromatic N) is 3. The monoisotopic (exact) mass is 319 g/mol. The maximum atomic E-state index is 12.9. The van der Waals surface area contributed by atoms with Crippen LogP contribution in [0.15, 0.2) is 48.8 Å². The molecule has 0 spiro atoms. The molecule has 1 saturated heterocycles. The zero-order valence-corrected chi connectivity index (χ0v) is 13.6. The molecule has 2 heterocycles. The average Bonchev–Trinajstić information content (AvgIpc) is 3.09. The highest BCUT2D eigenvalue weighted by atomic mass is 16.2. The Morgan fingerprint density at radius 3 is 2.50 bits per heavy atom. The Hall–Kier alpha value is -2.95. The van der Waals surface area contributed by atoms with E-state index in [4.69, 9.17) is 0 Å². The third-order valence-corrected chi connectivity index (χ3v) is 4.66. The smallest absolute Gasteiger partial charge is 0.257 e. The molecule has 1 aliphatic heterocycles. The number of anilines is 1. The number of imidazole rings is 1. The highest BCUT2D eigenvalue weighted by Gasteiger charge is 2.41. The Kier molecular flexibility index (Phi) is 3.23. The van der Waals surface area contributed by atoms with Crippen LogP contribution in [-0.4, -0.2) is 21.4 Å². The molecule has 1 aromatic heterocycles. The summed E-state index contributed by atoms with van der Waals surface area (Å²) in [6.07, 6.45) is 1.82. The molecule has 2 aromatic carbocycles. The lowest BCUT2D eigenvalue weighted by molar-refractivity contribution is -0.122. The number of benzene rings is 2. The number of para-hydroxylation sites is 1. The molecule has 0 radical (unpaired) electrons. The molecule has 24 heavy (non-hydrogen) atoms. The van der Waals surface area contributed by atoms with E-state index in [0.717, 1.165) is 22.2 Å². The van der Waals surface area contributed by atoms with Crippen molar-refractivity contribution in [2.75, 3.05) is 4.90 Å². The SMILES string of the molecule is Cc1cc2ncn([C@@H]3CC(=O)N(c4ccccc4)C3=O)c2cc1C. The molecule has 5 heteroatoms. The van der Waals surface area contributed by atoms with Gasteiger partial charge in [0.15, 0.2) is 0 Å². The van der Waals surface area contributed by atoms with Crippen LogP contribution in [0, 0.1) is 13.8 Å². The molecular formula is C19H17N3O2. The van der Waals surface area contributed by atoms with Gasteiger partial charge in [-0.3, -0.25) is 9.59 Å². The molecule has 0 N–H and O–H groups in total. The van der Waals surface area contributed by atoms with Crippen molar-refractivity contribution in [2.45, 2.75) is 26.3 Å². The Bertz CT molecular complexity index is 959. The zero-order chi connectivity index (χ0) is 16.8. The van der Waals surface area contributed by atoms with Crippen LogP contribution < -0.4 is 4.90 Å². The average molecular weight is 319 g/mol.